The summed E-state index contributed by atoms with van der Waals surface area (Å²) in [6, 6.07) is 10.9. The smallest absolute Gasteiger partial charge is 0.215 e. The van der Waals surface area contributed by atoms with Crippen LogP contribution in [0.3, 0.4) is 0 Å². The molecule has 4 aliphatic carbocycles. The summed E-state index contributed by atoms with van der Waals surface area (Å²) in [4.78, 5) is 34.5. The van der Waals surface area contributed by atoms with Crippen LogP contribution in [0.4, 0.5) is 0 Å². The number of carbonyl (C=O) groups is 2. The number of rotatable bonds is 5. The molecule has 1 heterocycles. The van der Waals surface area contributed by atoms with E-state index < -0.39 is 17.1 Å². The summed E-state index contributed by atoms with van der Waals surface area (Å²) in [5, 5.41) is 34.1. The zero-order chi connectivity index (χ0) is 27.6. The highest BCUT2D eigenvalue weighted by Gasteiger charge is 2.68. The molecule has 3 N–H and O–H groups in total. The first-order valence-corrected chi connectivity index (χ1v) is 15.0. The van der Waals surface area contributed by atoms with Gasteiger partial charge in [0.1, 0.15) is 5.60 Å². The van der Waals surface area contributed by atoms with Crippen molar-refractivity contribution in [2.75, 3.05) is 5.75 Å². The number of fused-ring (bicyclic) bond motifs is 5. The number of aliphatic hydroxyl groups excluding tert-OH is 1. The number of Topliss-reactive ketones (excluding diaryl/α,β-unsaturated/α-hetero) is 1. The van der Waals surface area contributed by atoms with Crippen LogP contribution in [0.25, 0.3) is 11.3 Å². The van der Waals surface area contributed by atoms with Gasteiger partial charge in [0.05, 0.1) is 17.6 Å². The third-order valence-corrected chi connectivity index (χ3v) is 11.5. The van der Waals surface area contributed by atoms with Crippen molar-refractivity contribution in [3.8, 4) is 17.1 Å². The molecule has 0 spiro atoms. The molecule has 0 saturated heterocycles. The van der Waals surface area contributed by atoms with Gasteiger partial charge in [0.15, 0.2) is 16.7 Å². The summed E-state index contributed by atoms with van der Waals surface area (Å²) in [5.74, 6) is 0.0770. The fourth-order valence-electron chi connectivity index (χ4n) is 8.63. The van der Waals surface area contributed by atoms with Crippen LogP contribution >= 0.6 is 11.8 Å². The van der Waals surface area contributed by atoms with Crippen LogP contribution in [0.5, 0.6) is 5.88 Å². The number of allylic oxidation sites excluding steroid dienone is 1. The van der Waals surface area contributed by atoms with E-state index in [4.69, 9.17) is 0 Å². The van der Waals surface area contributed by atoms with Gasteiger partial charge in [-0.3, -0.25) is 9.59 Å². The number of ketones is 2. The Kier molecular flexibility index (Phi) is 6.51. The molecule has 7 nitrogen and oxygen atoms in total. The lowest BCUT2D eigenvalue weighted by molar-refractivity contribution is -0.178. The van der Waals surface area contributed by atoms with Gasteiger partial charge in [-0.1, -0.05) is 61.5 Å². The van der Waals surface area contributed by atoms with Gasteiger partial charge in [-0.2, -0.15) is 4.98 Å². The van der Waals surface area contributed by atoms with Crippen molar-refractivity contribution in [1.29, 1.82) is 0 Å². The molecule has 2 aromatic rings. The van der Waals surface area contributed by atoms with E-state index in [1.54, 1.807) is 0 Å². The Hall–Kier alpha value is -2.55. The van der Waals surface area contributed by atoms with Crippen molar-refractivity contribution in [2.24, 2.45) is 28.6 Å². The Balaban J connectivity index is 1.22. The van der Waals surface area contributed by atoms with Crippen LogP contribution in [0.15, 0.2) is 53.2 Å². The molecule has 0 radical (unpaired) electrons. The van der Waals surface area contributed by atoms with Crippen LogP contribution in [0.2, 0.25) is 0 Å². The molecule has 0 aliphatic heterocycles. The first-order chi connectivity index (χ1) is 18.5. The molecule has 4 aliphatic rings. The largest absolute Gasteiger partial charge is 0.493 e. The molecule has 0 bridgehead atoms. The number of benzene rings is 1. The molecule has 206 valence electrons. The second kappa shape index (κ2) is 9.53. The quantitative estimate of drug-likeness (QED) is 0.362. The van der Waals surface area contributed by atoms with Crippen LogP contribution in [-0.4, -0.2) is 54.3 Å². The maximum absolute atomic E-state index is 13.7. The van der Waals surface area contributed by atoms with Gasteiger partial charge in [0, 0.05) is 23.5 Å². The number of carbonyl (C=O) groups excluding carboxylic acids is 2. The Morgan fingerprint density at radius 1 is 1.10 bits per heavy atom. The van der Waals surface area contributed by atoms with Gasteiger partial charge in [-0.05, 0) is 67.8 Å². The highest BCUT2D eigenvalue weighted by atomic mass is 32.2. The molecular weight excluding hydrogens is 512 g/mol. The predicted octanol–water partition coefficient (Wildman–Crippen LogP) is 4.74. The highest BCUT2D eigenvalue weighted by Crippen LogP contribution is 2.67. The Morgan fingerprint density at radius 3 is 2.64 bits per heavy atom. The summed E-state index contributed by atoms with van der Waals surface area (Å²) >= 11 is 1.12. The highest BCUT2D eigenvalue weighted by molar-refractivity contribution is 7.99. The van der Waals surface area contributed by atoms with Gasteiger partial charge in [0.25, 0.3) is 0 Å². The van der Waals surface area contributed by atoms with Gasteiger partial charge < -0.3 is 15.3 Å². The first kappa shape index (κ1) is 26.7. The average molecular weight is 549 g/mol. The minimum Gasteiger partial charge on any atom is -0.493 e. The van der Waals surface area contributed by atoms with Crippen molar-refractivity contribution < 1.29 is 24.9 Å². The van der Waals surface area contributed by atoms with E-state index in [2.05, 4.69) is 16.9 Å². The Labute approximate surface area is 233 Å². The lowest BCUT2D eigenvalue weighted by atomic mass is 9.45. The number of hydrogen-bond acceptors (Lipinski definition) is 8. The maximum atomic E-state index is 13.7. The molecule has 3 saturated carbocycles. The zero-order valence-corrected chi connectivity index (χ0v) is 23.3. The fraction of sp³-hybridized carbons (Fsp3) is 0.548. The minimum absolute atomic E-state index is 0.0204. The van der Waals surface area contributed by atoms with Crippen molar-refractivity contribution in [3.05, 3.63) is 48.0 Å². The van der Waals surface area contributed by atoms with E-state index in [0.29, 0.717) is 25.0 Å². The van der Waals surface area contributed by atoms with Crippen molar-refractivity contribution >= 4 is 23.3 Å². The molecule has 8 heteroatoms. The molecule has 39 heavy (non-hydrogen) atoms. The van der Waals surface area contributed by atoms with E-state index in [9.17, 15) is 24.9 Å². The number of aromatic hydroxyl groups is 1. The minimum atomic E-state index is -1.55. The molecule has 7 atom stereocenters. The fourth-order valence-corrected chi connectivity index (χ4v) is 9.45. The van der Waals surface area contributed by atoms with Crippen molar-refractivity contribution in [3.63, 3.8) is 0 Å². The van der Waals surface area contributed by atoms with Crippen LogP contribution in [0, 0.1) is 28.6 Å². The normalized spacial score (nSPS) is 37.4. The monoisotopic (exact) mass is 548 g/mol. The maximum Gasteiger partial charge on any atom is 0.215 e. The van der Waals surface area contributed by atoms with Gasteiger partial charge in [0.2, 0.25) is 5.88 Å². The van der Waals surface area contributed by atoms with Crippen molar-refractivity contribution in [2.45, 2.75) is 75.7 Å². The van der Waals surface area contributed by atoms with Gasteiger partial charge in [-0.25, -0.2) is 4.98 Å². The summed E-state index contributed by atoms with van der Waals surface area (Å²) < 4.78 is 0. The number of thioether (sulfide) groups is 1. The van der Waals surface area contributed by atoms with Crippen LogP contribution in [0.1, 0.15) is 58.8 Å². The molecule has 6 rings (SSSR count). The lowest BCUT2D eigenvalue weighted by Gasteiger charge is -2.60. The summed E-state index contributed by atoms with van der Waals surface area (Å²) in [6.45, 7) is 4.19. The molecule has 1 aromatic heterocycles. The van der Waals surface area contributed by atoms with E-state index in [1.165, 1.54) is 11.6 Å². The predicted molar refractivity (Wildman–Crippen MR) is 148 cm³/mol. The van der Waals surface area contributed by atoms with Gasteiger partial charge >= 0.3 is 0 Å². The summed E-state index contributed by atoms with van der Waals surface area (Å²) in [6.07, 6.45) is 5.63. The Bertz CT molecular complexity index is 1350. The third kappa shape index (κ3) is 4.18. The van der Waals surface area contributed by atoms with Crippen LogP contribution in [-0.2, 0) is 9.59 Å². The molecule has 1 aromatic carbocycles. The van der Waals surface area contributed by atoms with E-state index in [0.717, 1.165) is 43.0 Å². The average Bonchev–Trinajstić information content (AvgIpc) is 3.18. The van der Waals surface area contributed by atoms with E-state index in [-0.39, 0.29) is 51.5 Å². The number of aromatic nitrogens is 2. The van der Waals surface area contributed by atoms with Crippen LogP contribution < -0.4 is 0 Å². The second-order valence-electron chi connectivity index (χ2n) is 12.4. The lowest BCUT2D eigenvalue weighted by Crippen LogP contribution is -2.61. The third-order valence-electron chi connectivity index (χ3n) is 10.6. The van der Waals surface area contributed by atoms with Crippen molar-refractivity contribution in [1.82, 2.24) is 9.97 Å². The number of aliphatic hydroxyl groups is 2. The Morgan fingerprint density at radius 2 is 1.87 bits per heavy atom. The van der Waals surface area contributed by atoms with E-state index in [1.807, 2.05) is 43.3 Å². The summed E-state index contributed by atoms with van der Waals surface area (Å²) in [5.41, 5.74) is 0.0816. The standard InChI is InChI=1S/C31H36N2O5S/c1-29-12-10-20(34)14-19(29)8-9-21-22-11-13-31(38,30(22,2)16-24(35)27(21)29)25(36)17-39-28-32-23(15-26(37)33-28)18-6-4-3-5-7-18/h3-7,14-15,21-22,24,27,35,38H,8-13,16-17H2,1-2H3,(H,32,33,37)/t21?,22?,24-,27?,29?,30?,31-/m0/s1. The molecule has 0 amide bonds. The zero-order valence-electron chi connectivity index (χ0n) is 22.5. The number of nitrogens with zero attached hydrogens (tertiary/aromatic N) is 2. The molecule has 3 fully saturated rings. The topological polar surface area (TPSA) is 121 Å². The van der Waals surface area contributed by atoms with E-state index >= 15 is 0 Å². The molecular formula is C31H36N2O5S. The number of hydrogen-bond donors (Lipinski definition) is 3. The second-order valence-corrected chi connectivity index (χ2v) is 13.4. The SMILES string of the molecule is CC12CCC(=O)C=C1CCC1C2[C@@H](O)CC2(C)C1CC[C@]2(O)C(=O)CSc1nc(O)cc(-c2ccccc2)n1. The van der Waals surface area contributed by atoms with Gasteiger partial charge in [-0.15, -0.1) is 0 Å². The summed E-state index contributed by atoms with van der Waals surface area (Å²) in [7, 11) is 0. The first-order valence-electron chi connectivity index (χ1n) is 14.0. The molecule has 5 unspecified atom stereocenters.